The largest absolute Gasteiger partial charge is 0.325 e. The van der Waals surface area contributed by atoms with Gasteiger partial charge in [0.05, 0.1) is 16.4 Å². The lowest BCUT2D eigenvalue weighted by atomic mass is 10.4. The van der Waals surface area contributed by atoms with Crippen molar-refractivity contribution in [3.05, 3.63) is 16.4 Å². The van der Waals surface area contributed by atoms with Gasteiger partial charge in [-0.05, 0) is 15.9 Å². The number of nitrogens with one attached hydrogen (secondary N) is 1. The standard InChI is InChI=1S/C4H6BrN3.BrH/c5-3-2-7-8-4(3)1-6;/h2H,1,6H2,(H,7,8);1H. The first kappa shape index (κ1) is 9.13. The SMILES string of the molecule is Br.NCc1[nH]ncc1Br. The van der Waals surface area contributed by atoms with E-state index in [1.165, 1.54) is 0 Å². The van der Waals surface area contributed by atoms with Crippen molar-refractivity contribution in [1.29, 1.82) is 0 Å². The Morgan fingerprint density at radius 2 is 2.44 bits per heavy atom. The Labute approximate surface area is 71.9 Å². The summed E-state index contributed by atoms with van der Waals surface area (Å²) >= 11 is 3.25. The maximum Gasteiger partial charge on any atom is 0.0633 e. The number of aromatic amines is 1. The summed E-state index contributed by atoms with van der Waals surface area (Å²) in [6, 6.07) is 0. The second-order valence-electron chi connectivity index (χ2n) is 1.40. The van der Waals surface area contributed by atoms with Crippen LogP contribution in [0, 0.1) is 0 Å². The molecule has 0 fully saturated rings. The molecular formula is C4H7Br2N3. The van der Waals surface area contributed by atoms with E-state index >= 15 is 0 Å². The first-order valence-electron chi connectivity index (χ1n) is 2.22. The first-order chi connectivity index (χ1) is 3.84. The molecule has 1 aromatic rings. The maximum atomic E-state index is 5.29. The van der Waals surface area contributed by atoms with Crippen molar-refractivity contribution in [2.75, 3.05) is 0 Å². The van der Waals surface area contributed by atoms with Gasteiger partial charge >= 0.3 is 0 Å². The molecule has 52 valence electrons. The van der Waals surface area contributed by atoms with Crippen LogP contribution in [0.4, 0.5) is 0 Å². The summed E-state index contributed by atoms with van der Waals surface area (Å²) in [5, 5.41) is 6.47. The second kappa shape index (κ2) is 4.03. The number of nitrogens with zero attached hydrogens (tertiary/aromatic N) is 1. The molecule has 0 radical (unpaired) electrons. The summed E-state index contributed by atoms with van der Waals surface area (Å²) in [6.45, 7) is 0.501. The van der Waals surface area contributed by atoms with E-state index in [9.17, 15) is 0 Å². The number of hydrogen-bond acceptors (Lipinski definition) is 2. The summed E-state index contributed by atoms with van der Waals surface area (Å²) in [7, 11) is 0. The van der Waals surface area contributed by atoms with Crippen LogP contribution in [0.2, 0.25) is 0 Å². The Bertz CT molecular complexity index is 174. The Morgan fingerprint density at radius 1 is 1.78 bits per heavy atom. The lowest BCUT2D eigenvalue weighted by molar-refractivity contribution is 0.944. The average Bonchev–Trinajstić information content (AvgIpc) is 2.14. The molecule has 0 aliphatic heterocycles. The van der Waals surface area contributed by atoms with Gasteiger partial charge in [-0.15, -0.1) is 17.0 Å². The zero-order chi connectivity index (χ0) is 5.98. The van der Waals surface area contributed by atoms with Crippen molar-refractivity contribution < 1.29 is 0 Å². The molecule has 1 heterocycles. The fraction of sp³-hybridized carbons (Fsp3) is 0.250. The molecule has 0 aliphatic carbocycles. The summed E-state index contributed by atoms with van der Waals surface area (Å²) in [5.74, 6) is 0. The summed E-state index contributed by atoms with van der Waals surface area (Å²) in [6.07, 6.45) is 1.68. The Balaban J connectivity index is 0.000000640. The van der Waals surface area contributed by atoms with E-state index in [-0.39, 0.29) is 17.0 Å². The van der Waals surface area contributed by atoms with Crippen molar-refractivity contribution in [2.24, 2.45) is 5.73 Å². The van der Waals surface area contributed by atoms with Gasteiger partial charge in [0, 0.05) is 6.54 Å². The molecular weight excluding hydrogens is 250 g/mol. The van der Waals surface area contributed by atoms with Gasteiger partial charge in [-0.2, -0.15) is 5.10 Å². The van der Waals surface area contributed by atoms with Crippen LogP contribution in [0.15, 0.2) is 10.7 Å². The monoisotopic (exact) mass is 255 g/mol. The molecule has 5 heteroatoms. The average molecular weight is 257 g/mol. The van der Waals surface area contributed by atoms with Crippen LogP contribution in [0.1, 0.15) is 5.69 Å². The summed E-state index contributed by atoms with van der Waals surface area (Å²) in [4.78, 5) is 0. The van der Waals surface area contributed by atoms with Crippen LogP contribution >= 0.6 is 32.9 Å². The Hall–Kier alpha value is 0.130. The molecule has 0 saturated carbocycles. The van der Waals surface area contributed by atoms with E-state index in [2.05, 4.69) is 26.1 Å². The maximum absolute atomic E-state index is 5.29. The third kappa shape index (κ3) is 2.08. The smallest absolute Gasteiger partial charge is 0.0633 e. The van der Waals surface area contributed by atoms with Crippen molar-refractivity contribution in [1.82, 2.24) is 10.2 Å². The molecule has 3 nitrogen and oxygen atoms in total. The van der Waals surface area contributed by atoms with E-state index in [4.69, 9.17) is 5.73 Å². The Kier molecular flexibility index (Phi) is 4.09. The highest BCUT2D eigenvalue weighted by molar-refractivity contribution is 9.10. The summed E-state index contributed by atoms with van der Waals surface area (Å²) < 4.78 is 0.944. The number of H-pyrrole nitrogens is 1. The highest BCUT2D eigenvalue weighted by atomic mass is 79.9. The molecule has 1 rings (SSSR count). The molecule has 0 unspecified atom stereocenters. The van der Waals surface area contributed by atoms with E-state index in [0.29, 0.717) is 6.54 Å². The molecule has 0 amide bonds. The van der Waals surface area contributed by atoms with Crippen LogP contribution in [-0.2, 0) is 6.54 Å². The van der Waals surface area contributed by atoms with Gasteiger partial charge in [0.15, 0.2) is 0 Å². The zero-order valence-electron chi connectivity index (χ0n) is 4.60. The Morgan fingerprint density at radius 3 is 2.67 bits per heavy atom. The highest BCUT2D eigenvalue weighted by Gasteiger charge is 1.95. The minimum atomic E-state index is 0. The number of nitrogens with two attached hydrogens (primary N) is 1. The number of aromatic nitrogens is 2. The third-order valence-corrected chi connectivity index (χ3v) is 1.55. The van der Waals surface area contributed by atoms with Crippen molar-refractivity contribution in [2.45, 2.75) is 6.54 Å². The fourth-order valence-electron chi connectivity index (χ4n) is 0.441. The molecule has 0 saturated heterocycles. The third-order valence-electron chi connectivity index (χ3n) is 0.870. The molecule has 0 spiro atoms. The first-order valence-corrected chi connectivity index (χ1v) is 3.01. The van der Waals surface area contributed by atoms with Crippen LogP contribution in [0.25, 0.3) is 0 Å². The fourth-order valence-corrected chi connectivity index (χ4v) is 0.794. The zero-order valence-corrected chi connectivity index (χ0v) is 7.89. The predicted molar refractivity (Wildman–Crippen MR) is 44.5 cm³/mol. The number of halogens is 2. The van der Waals surface area contributed by atoms with Crippen LogP contribution in [-0.4, -0.2) is 10.2 Å². The quantitative estimate of drug-likeness (QED) is 0.794. The van der Waals surface area contributed by atoms with Gasteiger partial charge in [0.1, 0.15) is 0 Å². The van der Waals surface area contributed by atoms with Crippen molar-refractivity contribution >= 4 is 32.9 Å². The predicted octanol–water partition coefficient (Wildman–Crippen LogP) is 1.21. The molecule has 0 aromatic carbocycles. The van der Waals surface area contributed by atoms with Crippen LogP contribution < -0.4 is 5.73 Å². The van der Waals surface area contributed by atoms with Gasteiger partial charge in [0.25, 0.3) is 0 Å². The van der Waals surface area contributed by atoms with Gasteiger partial charge in [-0.25, -0.2) is 0 Å². The number of hydrogen-bond donors (Lipinski definition) is 2. The molecule has 0 atom stereocenters. The number of rotatable bonds is 1. The minimum Gasteiger partial charge on any atom is -0.325 e. The van der Waals surface area contributed by atoms with E-state index in [0.717, 1.165) is 10.2 Å². The van der Waals surface area contributed by atoms with Gasteiger partial charge in [-0.3, -0.25) is 5.10 Å². The van der Waals surface area contributed by atoms with Crippen LogP contribution in [0.3, 0.4) is 0 Å². The van der Waals surface area contributed by atoms with Gasteiger partial charge in [0.2, 0.25) is 0 Å². The van der Waals surface area contributed by atoms with Gasteiger partial charge in [-0.1, -0.05) is 0 Å². The van der Waals surface area contributed by atoms with E-state index < -0.39 is 0 Å². The highest BCUT2D eigenvalue weighted by Crippen LogP contribution is 2.10. The van der Waals surface area contributed by atoms with Crippen molar-refractivity contribution in [3.63, 3.8) is 0 Å². The van der Waals surface area contributed by atoms with Gasteiger partial charge < -0.3 is 5.73 Å². The molecule has 3 N–H and O–H groups in total. The minimum absolute atomic E-state index is 0. The lowest BCUT2D eigenvalue weighted by Gasteiger charge is -1.85. The van der Waals surface area contributed by atoms with Crippen molar-refractivity contribution in [3.8, 4) is 0 Å². The molecule has 0 aliphatic rings. The van der Waals surface area contributed by atoms with E-state index in [1.54, 1.807) is 6.20 Å². The topological polar surface area (TPSA) is 54.7 Å². The normalized spacial score (nSPS) is 8.67. The summed E-state index contributed by atoms with van der Waals surface area (Å²) in [5.41, 5.74) is 6.23. The van der Waals surface area contributed by atoms with E-state index in [1.807, 2.05) is 0 Å². The lowest BCUT2D eigenvalue weighted by Crippen LogP contribution is -1.96. The molecule has 0 bridgehead atoms. The van der Waals surface area contributed by atoms with Crippen LogP contribution in [0.5, 0.6) is 0 Å². The molecule has 9 heavy (non-hydrogen) atoms. The molecule has 1 aromatic heterocycles. The second-order valence-corrected chi connectivity index (χ2v) is 2.25.